The number of carbonyl (C=O) groups excluding carboxylic acids is 1. The van der Waals surface area contributed by atoms with Gasteiger partial charge in [0.25, 0.3) is 0 Å². The van der Waals surface area contributed by atoms with Gasteiger partial charge in [0.15, 0.2) is 0 Å². The summed E-state index contributed by atoms with van der Waals surface area (Å²) in [4.78, 5) is 26.7. The second kappa shape index (κ2) is 4.79. The Morgan fingerprint density at radius 1 is 1.42 bits per heavy atom. The molecule has 0 spiro atoms. The second-order valence-electron chi connectivity index (χ2n) is 4.79. The highest BCUT2D eigenvalue weighted by molar-refractivity contribution is 5.82. The molecule has 3 N–H and O–H groups in total. The number of rotatable bonds is 3. The normalized spacial score (nSPS) is 12.8. The van der Waals surface area contributed by atoms with E-state index in [0.717, 1.165) is 0 Å². The molecule has 0 aliphatic rings. The third kappa shape index (κ3) is 2.21. The van der Waals surface area contributed by atoms with Crippen LogP contribution in [-0.4, -0.2) is 22.6 Å². The summed E-state index contributed by atoms with van der Waals surface area (Å²) in [6, 6.07) is 4.42. The number of esters is 1. The number of imidazole rings is 1. The van der Waals surface area contributed by atoms with E-state index in [1.807, 2.05) is 13.8 Å². The maximum atomic E-state index is 12.1. The summed E-state index contributed by atoms with van der Waals surface area (Å²) < 4.78 is 6.19. The van der Waals surface area contributed by atoms with Gasteiger partial charge in [-0.15, -0.1) is 0 Å². The first kappa shape index (κ1) is 13.2. The van der Waals surface area contributed by atoms with Gasteiger partial charge in [-0.1, -0.05) is 13.8 Å². The number of methoxy groups -OCH3 is 1. The number of hydrogen-bond donors (Lipinski definition) is 2. The van der Waals surface area contributed by atoms with Crippen molar-refractivity contribution in [1.82, 2.24) is 9.55 Å². The molecule has 6 heteroatoms. The molecule has 0 fully saturated rings. The van der Waals surface area contributed by atoms with E-state index in [0.29, 0.717) is 16.7 Å². The highest BCUT2D eigenvalue weighted by Crippen LogP contribution is 2.23. The number of nitrogens with two attached hydrogens (primary N) is 1. The predicted molar refractivity (Wildman–Crippen MR) is 72.9 cm³/mol. The minimum Gasteiger partial charge on any atom is -0.467 e. The molecule has 2 rings (SSSR count). The molecule has 0 bridgehead atoms. The van der Waals surface area contributed by atoms with Crippen molar-refractivity contribution in [2.75, 3.05) is 12.8 Å². The van der Waals surface area contributed by atoms with Crippen molar-refractivity contribution in [2.45, 2.75) is 19.9 Å². The average Bonchev–Trinajstić information content (AvgIpc) is 2.66. The van der Waals surface area contributed by atoms with Crippen LogP contribution in [0.2, 0.25) is 0 Å². The zero-order valence-electron chi connectivity index (χ0n) is 11.1. The van der Waals surface area contributed by atoms with Crippen molar-refractivity contribution in [3.63, 3.8) is 0 Å². The highest BCUT2D eigenvalue weighted by atomic mass is 16.5. The van der Waals surface area contributed by atoms with Gasteiger partial charge in [-0.05, 0) is 24.1 Å². The van der Waals surface area contributed by atoms with Gasteiger partial charge in [-0.3, -0.25) is 4.57 Å². The van der Waals surface area contributed by atoms with Gasteiger partial charge in [-0.25, -0.2) is 9.59 Å². The number of fused-ring (bicyclic) bond motifs is 1. The molecule has 0 saturated heterocycles. The summed E-state index contributed by atoms with van der Waals surface area (Å²) in [5.41, 5.74) is 7.19. The molecule has 0 radical (unpaired) electrons. The van der Waals surface area contributed by atoms with E-state index in [-0.39, 0.29) is 11.6 Å². The third-order valence-corrected chi connectivity index (χ3v) is 3.09. The molecule has 1 aromatic heterocycles. The van der Waals surface area contributed by atoms with E-state index >= 15 is 0 Å². The fourth-order valence-corrected chi connectivity index (χ4v) is 2.21. The number of hydrogen-bond acceptors (Lipinski definition) is 4. The Labute approximate surface area is 110 Å². The van der Waals surface area contributed by atoms with Gasteiger partial charge in [-0.2, -0.15) is 0 Å². The van der Waals surface area contributed by atoms with Crippen molar-refractivity contribution >= 4 is 22.7 Å². The van der Waals surface area contributed by atoms with Gasteiger partial charge in [0, 0.05) is 5.69 Å². The van der Waals surface area contributed by atoms with Gasteiger partial charge in [0.1, 0.15) is 6.04 Å². The lowest BCUT2D eigenvalue weighted by Gasteiger charge is -2.19. The Hall–Kier alpha value is -2.24. The summed E-state index contributed by atoms with van der Waals surface area (Å²) in [7, 11) is 1.31. The molecule has 1 unspecified atom stereocenters. The fourth-order valence-electron chi connectivity index (χ4n) is 2.21. The Morgan fingerprint density at radius 2 is 2.11 bits per heavy atom. The number of H-pyrrole nitrogens is 1. The number of carbonyl (C=O) groups is 1. The molecule has 0 aliphatic heterocycles. The molecular weight excluding hydrogens is 246 g/mol. The second-order valence-corrected chi connectivity index (χ2v) is 4.79. The first-order chi connectivity index (χ1) is 8.95. The van der Waals surface area contributed by atoms with Crippen LogP contribution in [0.3, 0.4) is 0 Å². The minimum absolute atomic E-state index is 0.0782. The van der Waals surface area contributed by atoms with Crippen LogP contribution in [0.25, 0.3) is 11.0 Å². The summed E-state index contributed by atoms with van der Waals surface area (Å²) >= 11 is 0. The molecular formula is C13H17N3O3. The number of aromatic nitrogens is 2. The molecule has 19 heavy (non-hydrogen) atoms. The van der Waals surface area contributed by atoms with Gasteiger partial charge in [0.2, 0.25) is 0 Å². The van der Waals surface area contributed by atoms with Crippen LogP contribution in [0.4, 0.5) is 5.69 Å². The topological polar surface area (TPSA) is 90.1 Å². The SMILES string of the molecule is COC(=O)C(C(C)C)n1c(=O)[nH]c2ccc(N)cc21. The smallest absolute Gasteiger partial charge is 0.329 e. The quantitative estimate of drug-likeness (QED) is 0.644. The Bertz CT molecular complexity index is 669. The van der Waals surface area contributed by atoms with Crippen LogP contribution in [-0.2, 0) is 9.53 Å². The number of ether oxygens (including phenoxy) is 1. The maximum absolute atomic E-state index is 12.1. The number of nitrogens with one attached hydrogen (secondary N) is 1. The Balaban J connectivity index is 2.72. The van der Waals surface area contributed by atoms with Crippen LogP contribution in [0.1, 0.15) is 19.9 Å². The molecule has 1 heterocycles. The number of anilines is 1. The molecule has 0 saturated carbocycles. The largest absolute Gasteiger partial charge is 0.467 e. The van der Waals surface area contributed by atoms with Crippen molar-refractivity contribution in [2.24, 2.45) is 5.92 Å². The first-order valence-corrected chi connectivity index (χ1v) is 6.03. The maximum Gasteiger partial charge on any atom is 0.329 e. The van der Waals surface area contributed by atoms with E-state index < -0.39 is 12.0 Å². The van der Waals surface area contributed by atoms with Crippen molar-refractivity contribution in [3.05, 3.63) is 28.7 Å². The van der Waals surface area contributed by atoms with Gasteiger partial charge in [0.05, 0.1) is 18.1 Å². The monoisotopic (exact) mass is 263 g/mol. The van der Waals surface area contributed by atoms with Crippen LogP contribution in [0.15, 0.2) is 23.0 Å². The average molecular weight is 263 g/mol. The molecule has 1 aromatic carbocycles. The van der Waals surface area contributed by atoms with Crippen molar-refractivity contribution in [3.8, 4) is 0 Å². The van der Waals surface area contributed by atoms with Gasteiger partial charge >= 0.3 is 11.7 Å². The molecule has 102 valence electrons. The van der Waals surface area contributed by atoms with Crippen LogP contribution in [0.5, 0.6) is 0 Å². The predicted octanol–water partition coefficient (Wildman–Crippen LogP) is 1.28. The molecule has 0 amide bonds. The summed E-state index contributed by atoms with van der Waals surface area (Å²) in [5.74, 6) is -0.522. The lowest BCUT2D eigenvalue weighted by molar-refractivity contribution is -0.146. The van der Waals surface area contributed by atoms with E-state index in [2.05, 4.69) is 4.98 Å². The van der Waals surface area contributed by atoms with Crippen LogP contribution < -0.4 is 11.4 Å². The number of nitrogen functional groups attached to an aromatic ring is 1. The van der Waals surface area contributed by atoms with E-state index in [4.69, 9.17) is 10.5 Å². The summed E-state index contributed by atoms with van der Waals surface area (Å²) in [5, 5.41) is 0. The van der Waals surface area contributed by atoms with Crippen molar-refractivity contribution in [1.29, 1.82) is 0 Å². The van der Waals surface area contributed by atoms with Crippen LogP contribution >= 0.6 is 0 Å². The Morgan fingerprint density at radius 3 is 2.68 bits per heavy atom. The summed E-state index contributed by atoms with van der Waals surface area (Å²) in [6.07, 6.45) is 0. The zero-order chi connectivity index (χ0) is 14.2. The van der Waals surface area contributed by atoms with E-state index in [1.54, 1.807) is 18.2 Å². The van der Waals surface area contributed by atoms with E-state index in [1.165, 1.54) is 11.7 Å². The number of nitrogens with zero attached hydrogens (tertiary/aromatic N) is 1. The lowest BCUT2D eigenvalue weighted by atomic mass is 10.0. The van der Waals surface area contributed by atoms with Crippen molar-refractivity contribution < 1.29 is 9.53 Å². The highest BCUT2D eigenvalue weighted by Gasteiger charge is 2.28. The van der Waals surface area contributed by atoms with E-state index in [9.17, 15) is 9.59 Å². The molecule has 6 nitrogen and oxygen atoms in total. The zero-order valence-corrected chi connectivity index (χ0v) is 11.1. The Kier molecular flexibility index (Phi) is 3.33. The third-order valence-electron chi connectivity index (χ3n) is 3.09. The molecule has 2 aromatic rings. The first-order valence-electron chi connectivity index (χ1n) is 6.03. The molecule has 0 aliphatic carbocycles. The van der Waals surface area contributed by atoms with Crippen LogP contribution in [0, 0.1) is 5.92 Å². The standard InChI is InChI=1S/C13H17N3O3/c1-7(2)11(12(17)19-3)16-10-6-8(14)4-5-9(10)15-13(16)18/h4-7,11H,14H2,1-3H3,(H,15,18). The number of aromatic amines is 1. The summed E-state index contributed by atoms with van der Waals surface area (Å²) in [6.45, 7) is 3.72. The minimum atomic E-state index is -0.673. The molecule has 1 atom stereocenters. The lowest BCUT2D eigenvalue weighted by Crippen LogP contribution is -2.32. The fraction of sp³-hybridized carbons (Fsp3) is 0.385. The number of benzene rings is 1. The van der Waals surface area contributed by atoms with Gasteiger partial charge < -0.3 is 15.5 Å².